The van der Waals surface area contributed by atoms with Crippen LogP contribution in [0.3, 0.4) is 0 Å². The molecule has 1 aliphatic rings. The molecule has 0 aromatic carbocycles. The Kier molecular flexibility index (Phi) is 70.4. The Morgan fingerprint density at radius 2 is 0.638 bits per heavy atom. The topological polar surface area (TPSA) is 149 Å². The monoisotopic (exact) mass is 1320 g/mol. The number of rotatable bonds is 74. The van der Waals surface area contributed by atoms with E-state index in [0.717, 1.165) is 51.4 Å². The van der Waals surface area contributed by atoms with Crippen LogP contribution in [0.1, 0.15) is 418 Å². The highest BCUT2D eigenvalue weighted by Gasteiger charge is 2.44. The number of hydrogen-bond acceptors (Lipinski definition) is 8. The number of hydrogen-bond donors (Lipinski definition) is 6. The second-order valence-corrected chi connectivity index (χ2v) is 28.9. The van der Waals surface area contributed by atoms with E-state index in [0.29, 0.717) is 6.42 Å². The number of amides is 1. The van der Waals surface area contributed by atoms with Gasteiger partial charge in [-0.1, -0.05) is 402 Å². The fraction of sp³-hybridized carbons (Fsp3) is 0.871. The average Bonchev–Trinajstić information content (AvgIpc) is 0.829. The first-order valence-electron chi connectivity index (χ1n) is 41.5. The Morgan fingerprint density at radius 3 is 0.968 bits per heavy atom. The minimum absolute atomic E-state index is 0.179. The van der Waals surface area contributed by atoms with E-state index in [1.807, 2.05) is 6.08 Å². The van der Waals surface area contributed by atoms with Crippen molar-refractivity contribution < 1.29 is 39.8 Å². The summed E-state index contributed by atoms with van der Waals surface area (Å²) < 4.78 is 11.3. The van der Waals surface area contributed by atoms with Gasteiger partial charge in [-0.25, -0.2) is 0 Å². The van der Waals surface area contributed by atoms with Gasteiger partial charge in [-0.2, -0.15) is 0 Å². The second-order valence-electron chi connectivity index (χ2n) is 28.9. The largest absolute Gasteiger partial charge is 0.394 e. The minimum Gasteiger partial charge on any atom is -0.394 e. The van der Waals surface area contributed by atoms with E-state index in [-0.39, 0.29) is 12.5 Å². The van der Waals surface area contributed by atoms with Gasteiger partial charge in [-0.15, -0.1) is 0 Å². The zero-order valence-corrected chi connectivity index (χ0v) is 62.2. The number of aliphatic hydroxyl groups excluding tert-OH is 5. The molecule has 552 valence electrons. The molecule has 1 saturated heterocycles. The third-order valence-corrected chi connectivity index (χ3v) is 19.8. The summed E-state index contributed by atoms with van der Waals surface area (Å²) in [6, 6.07) is -0.824. The molecule has 0 aromatic heterocycles. The van der Waals surface area contributed by atoms with Gasteiger partial charge >= 0.3 is 0 Å². The maximum atomic E-state index is 13.2. The fourth-order valence-corrected chi connectivity index (χ4v) is 13.4. The van der Waals surface area contributed by atoms with E-state index < -0.39 is 49.5 Å². The fourth-order valence-electron chi connectivity index (χ4n) is 13.4. The normalized spacial score (nSPS) is 17.8. The molecule has 0 aliphatic carbocycles. The lowest BCUT2D eigenvalue weighted by Gasteiger charge is -2.40. The molecule has 9 heteroatoms. The highest BCUT2D eigenvalue weighted by atomic mass is 16.7. The van der Waals surface area contributed by atoms with Crippen LogP contribution in [0.15, 0.2) is 60.8 Å². The summed E-state index contributed by atoms with van der Waals surface area (Å²) in [5, 5.41) is 54.9. The Hall–Kier alpha value is -2.11. The molecule has 7 unspecified atom stereocenters. The van der Waals surface area contributed by atoms with Crippen molar-refractivity contribution in [2.24, 2.45) is 0 Å². The summed E-state index contributed by atoms with van der Waals surface area (Å²) in [6.45, 7) is 3.81. The molecule has 0 bridgehead atoms. The second kappa shape index (κ2) is 73.6. The zero-order valence-electron chi connectivity index (χ0n) is 62.2. The van der Waals surface area contributed by atoms with Crippen molar-refractivity contribution in [3.8, 4) is 0 Å². The number of carbonyl (C=O) groups is 1. The van der Waals surface area contributed by atoms with Crippen LogP contribution in [-0.2, 0) is 14.3 Å². The van der Waals surface area contributed by atoms with Crippen molar-refractivity contribution >= 4 is 5.91 Å². The van der Waals surface area contributed by atoms with Crippen LogP contribution in [-0.4, -0.2) is 87.5 Å². The van der Waals surface area contributed by atoms with E-state index in [4.69, 9.17) is 9.47 Å². The number of ether oxygens (including phenoxy) is 2. The van der Waals surface area contributed by atoms with Crippen LogP contribution in [0.25, 0.3) is 0 Å². The number of aliphatic hydroxyl groups is 5. The van der Waals surface area contributed by atoms with Crippen molar-refractivity contribution in [2.45, 2.75) is 461 Å². The first-order valence-corrected chi connectivity index (χ1v) is 41.5. The Morgan fingerprint density at radius 1 is 0.362 bits per heavy atom. The van der Waals surface area contributed by atoms with Crippen LogP contribution in [0.2, 0.25) is 0 Å². The summed E-state index contributed by atoms with van der Waals surface area (Å²) >= 11 is 0. The SMILES string of the molecule is CCCCCCC/C=C\C/C=C\C/C=C\CCCCCCCCCCCCCCCCCCCCCCCCCCC(=O)NC(COC1OC(CO)C(O)C(O)C1O)C(O)/C=C/CC/C=C/CCCCCCCCCCCCCCCCCCCCCCCCCCCC. The van der Waals surface area contributed by atoms with Crippen molar-refractivity contribution in [3.05, 3.63) is 60.8 Å². The standard InChI is InChI=1S/C85H159NO8/c1-3-5-7-9-11-13-15-17-19-21-23-25-27-29-31-33-35-37-38-39-40-41-42-43-45-47-49-51-53-55-57-59-61-63-65-67-69-71-73-75-81(89)86-78(77-93-85-84(92)83(91)82(90)80(76-87)94-85)79(88)74-72-70-68-66-64-62-60-58-56-54-52-50-48-46-44-36-34-32-30-28-26-24-22-20-18-16-14-12-10-8-6-4-2/h15,17,21,23,27,29,64,66,72,74,78-80,82-85,87-88,90-92H,3-14,16,18-20,22,24-26,28,30-63,65,67-71,73,75-77H2,1-2H3,(H,86,89)/b17-15-,23-21-,29-27-,66-64+,74-72+. The van der Waals surface area contributed by atoms with Gasteiger partial charge in [0.1, 0.15) is 24.4 Å². The van der Waals surface area contributed by atoms with Crippen LogP contribution in [0.4, 0.5) is 0 Å². The minimum atomic E-state index is -1.57. The number of allylic oxidation sites excluding steroid dienone is 9. The molecule has 0 radical (unpaired) electrons. The van der Waals surface area contributed by atoms with E-state index in [9.17, 15) is 30.3 Å². The number of nitrogens with one attached hydrogen (secondary N) is 1. The summed E-state index contributed by atoms with van der Waals surface area (Å²) in [5.41, 5.74) is 0. The van der Waals surface area contributed by atoms with Crippen molar-refractivity contribution in [3.63, 3.8) is 0 Å². The van der Waals surface area contributed by atoms with E-state index in [2.05, 4.69) is 67.8 Å². The first kappa shape index (κ1) is 89.9. The molecule has 94 heavy (non-hydrogen) atoms. The zero-order chi connectivity index (χ0) is 67.8. The van der Waals surface area contributed by atoms with Gasteiger partial charge in [0, 0.05) is 6.42 Å². The molecule has 6 N–H and O–H groups in total. The van der Waals surface area contributed by atoms with Gasteiger partial charge in [0.05, 0.1) is 25.4 Å². The lowest BCUT2D eigenvalue weighted by Crippen LogP contribution is -2.60. The molecule has 0 spiro atoms. The average molecular weight is 1320 g/mol. The predicted molar refractivity (Wildman–Crippen MR) is 406 cm³/mol. The molecule has 0 saturated carbocycles. The molecule has 1 aliphatic heterocycles. The summed E-state index contributed by atoms with van der Waals surface area (Å²) in [6.07, 6.45) is 96.8. The predicted octanol–water partition coefficient (Wildman–Crippen LogP) is 24.0. The highest BCUT2D eigenvalue weighted by Crippen LogP contribution is 2.24. The van der Waals surface area contributed by atoms with Crippen LogP contribution >= 0.6 is 0 Å². The molecule has 9 nitrogen and oxygen atoms in total. The molecule has 0 aromatic rings. The van der Waals surface area contributed by atoms with Gasteiger partial charge in [0.2, 0.25) is 5.91 Å². The summed E-state index contributed by atoms with van der Waals surface area (Å²) in [5.74, 6) is -0.179. The molecule has 1 rings (SSSR count). The number of carbonyl (C=O) groups excluding carboxylic acids is 1. The van der Waals surface area contributed by atoms with Gasteiger partial charge in [-0.3, -0.25) is 4.79 Å². The Labute approximate surface area is 583 Å². The molecular weight excluding hydrogens is 1160 g/mol. The summed E-state index contributed by atoms with van der Waals surface area (Å²) in [7, 11) is 0. The number of unbranched alkanes of at least 4 members (excludes halogenated alkanes) is 56. The summed E-state index contributed by atoms with van der Waals surface area (Å²) in [4.78, 5) is 13.2. The smallest absolute Gasteiger partial charge is 0.220 e. The van der Waals surface area contributed by atoms with E-state index in [1.54, 1.807) is 6.08 Å². The van der Waals surface area contributed by atoms with Crippen LogP contribution in [0, 0.1) is 0 Å². The van der Waals surface area contributed by atoms with Crippen molar-refractivity contribution in [1.82, 2.24) is 5.32 Å². The van der Waals surface area contributed by atoms with Gasteiger partial charge in [0.25, 0.3) is 0 Å². The van der Waals surface area contributed by atoms with Crippen LogP contribution in [0.5, 0.6) is 0 Å². The van der Waals surface area contributed by atoms with E-state index >= 15 is 0 Å². The van der Waals surface area contributed by atoms with Crippen LogP contribution < -0.4 is 5.32 Å². The third kappa shape index (κ3) is 61.0. The molecule has 7 atom stereocenters. The first-order chi connectivity index (χ1) is 46.3. The third-order valence-electron chi connectivity index (χ3n) is 19.8. The van der Waals surface area contributed by atoms with Gasteiger partial charge < -0.3 is 40.3 Å². The quantitative estimate of drug-likeness (QED) is 0.0261. The molecular formula is C85H159NO8. The maximum absolute atomic E-state index is 13.2. The van der Waals surface area contributed by atoms with Gasteiger partial charge in [0.15, 0.2) is 6.29 Å². The van der Waals surface area contributed by atoms with Gasteiger partial charge in [-0.05, 0) is 70.6 Å². The van der Waals surface area contributed by atoms with Crippen molar-refractivity contribution in [2.75, 3.05) is 13.2 Å². The molecule has 1 heterocycles. The van der Waals surface area contributed by atoms with E-state index in [1.165, 1.54) is 347 Å². The lowest BCUT2D eigenvalue weighted by molar-refractivity contribution is -0.302. The molecule has 1 fully saturated rings. The Bertz CT molecular complexity index is 1680. The Balaban J connectivity index is 2.06. The molecule has 1 amide bonds. The maximum Gasteiger partial charge on any atom is 0.220 e. The highest BCUT2D eigenvalue weighted by molar-refractivity contribution is 5.76. The van der Waals surface area contributed by atoms with Crippen molar-refractivity contribution in [1.29, 1.82) is 0 Å². The lowest BCUT2D eigenvalue weighted by atomic mass is 9.99.